The third kappa shape index (κ3) is 6.25. The fourth-order valence-electron chi connectivity index (χ4n) is 3.30. The molecule has 33 heavy (non-hydrogen) atoms. The standard InChI is InChI=1S/C22H20ClF6NO3/c1-20(2,3)33-19(31)30-10-16-7-13-4-11(8-17(23)18(13)32-16)12-5-14(21(24,25)26)9-15(6-12)22(27,28)29/h4-6,8-9,16H,7,10H2,1-3H3,(H,30,31). The topological polar surface area (TPSA) is 47.6 Å². The molecule has 1 heterocycles. The van der Waals surface area contributed by atoms with Gasteiger partial charge in [-0.2, -0.15) is 26.3 Å². The van der Waals surface area contributed by atoms with Gasteiger partial charge in [0, 0.05) is 12.0 Å². The van der Waals surface area contributed by atoms with E-state index in [1.54, 1.807) is 20.8 Å². The van der Waals surface area contributed by atoms with E-state index in [0.29, 0.717) is 17.7 Å². The molecule has 0 radical (unpaired) electrons. The highest BCUT2D eigenvalue weighted by molar-refractivity contribution is 6.32. The summed E-state index contributed by atoms with van der Waals surface area (Å²) in [6.07, 6.45) is -10.9. The number of carbonyl (C=O) groups is 1. The lowest BCUT2D eigenvalue weighted by atomic mass is 9.96. The molecular formula is C22H20ClF6NO3. The number of carbonyl (C=O) groups excluding carboxylic acids is 1. The lowest BCUT2D eigenvalue weighted by Crippen LogP contribution is -2.38. The lowest BCUT2D eigenvalue weighted by molar-refractivity contribution is -0.143. The van der Waals surface area contributed by atoms with Gasteiger partial charge in [-0.3, -0.25) is 0 Å². The molecule has 0 aliphatic carbocycles. The minimum Gasteiger partial charge on any atom is -0.486 e. The Hall–Kier alpha value is -2.62. The largest absolute Gasteiger partial charge is 0.486 e. The van der Waals surface area contributed by atoms with Crippen LogP contribution in [-0.4, -0.2) is 24.3 Å². The number of benzene rings is 2. The van der Waals surface area contributed by atoms with Gasteiger partial charge < -0.3 is 14.8 Å². The van der Waals surface area contributed by atoms with Gasteiger partial charge in [-0.1, -0.05) is 11.6 Å². The van der Waals surface area contributed by atoms with Crippen LogP contribution >= 0.6 is 11.6 Å². The smallest absolute Gasteiger partial charge is 0.416 e. The van der Waals surface area contributed by atoms with Crippen LogP contribution in [0.1, 0.15) is 37.5 Å². The number of alkyl halides is 6. The normalized spacial score (nSPS) is 16.2. The van der Waals surface area contributed by atoms with Crippen LogP contribution < -0.4 is 10.1 Å². The van der Waals surface area contributed by atoms with E-state index in [2.05, 4.69) is 5.32 Å². The highest BCUT2D eigenvalue weighted by atomic mass is 35.5. The van der Waals surface area contributed by atoms with E-state index in [1.165, 1.54) is 12.1 Å². The summed E-state index contributed by atoms with van der Waals surface area (Å²) >= 11 is 6.22. The van der Waals surface area contributed by atoms with E-state index < -0.39 is 41.3 Å². The predicted octanol–water partition coefficient (Wildman–Crippen LogP) is 6.87. The number of rotatable bonds is 3. The quantitative estimate of drug-likeness (QED) is 0.472. The fourth-order valence-corrected chi connectivity index (χ4v) is 3.58. The zero-order valence-electron chi connectivity index (χ0n) is 17.7. The Labute approximate surface area is 190 Å². The second-order valence-electron chi connectivity index (χ2n) is 8.57. The number of hydrogen-bond donors (Lipinski definition) is 1. The minimum absolute atomic E-state index is 0.0354. The SMILES string of the molecule is CC(C)(C)OC(=O)NCC1Cc2cc(-c3cc(C(F)(F)F)cc(C(F)(F)F)c3)cc(Cl)c2O1. The Balaban J connectivity index is 1.86. The number of hydrogen-bond acceptors (Lipinski definition) is 3. The molecule has 11 heteroatoms. The minimum atomic E-state index is -4.96. The Kier molecular flexibility index (Phi) is 6.54. The molecule has 180 valence electrons. The summed E-state index contributed by atoms with van der Waals surface area (Å²) < 4.78 is 90.0. The molecule has 1 aliphatic rings. The van der Waals surface area contributed by atoms with Crippen LogP contribution in [0.4, 0.5) is 31.1 Å². The zero-order chi connectivity index (χ0) is 24.8. The molecule has 0 saturated heterocycles. The van der Waals surface area contributed by atoms with Crippen LogP contribution in [0.25, 0.3) is 11.1 Å². The van der Waals surface area contributed by atoms with E-state index in [1.807, 2.05) is 0 Å². The number of halogens is 7. The molecule has 1 aliphatic heterocycles. The summed E-state index contributed by atoms with van der Waals surface area (Å²) in [5.41, 5.74) is -3.22. The first-order chi connectivity index (χ1) is 15.0. The highest BCUT2D eigenvalue weighted by Gasteiger charge is 2.37. The molecule has 4 nitrogen and oxygen atoms in total. The van der Waals surface area contributed by atoms with Gasteiger partial charge >= 0.3 is 18.4 Å². The molecule has 1 unspecified atom stereocenters. The third-order valence-electron chi connectivity index (χ3n) is 4.65. The second-order valence-corrected chi connectivity index (χ2v) is 8.97. The van der Waals surface area contributed by atoms with Crippen molar-refractivity contribution >= 4 is 17.7 Å². The lowest BCUT2D eigenvalue weighted by Gasteiger charge is -2.20. The van der Waals surface area contributed by atoms with Crippen LogP contribution in [0, 0.1) is 0 Å². The first-order valence-electron chi connectivity index (χ1n) is 9.79. The van der Waals surface area contributed by atoms with Gasteiger partial charge in [0.25, 0.3) is 0 Å². The van der Waals surface area contributed by atoms with Crippen molar-refractivity contribution < 1.29 is 40.6 Å². The van der Waals surface area contributed by atoms with Crippen LogP contribution in [0.3, 0.4) is 0 Å². The van der Waals surface area contributed by atoms with E-state index >= 15 is 0 Å². The molecule has 0 spiro atoms. The van der Waals surface area contributed by atoms with Gasteiger partial charge in [0.15, 0.2) is 0 Å². The molecule has 0 bridgehead atoms. The maximum absolute atomic E-state index is 13.2. The predicted molar refractivity (Wildman–Crippen MR) is 109 cm³/mol. The first-order valence-corrected chi connectivity index (χ1v) is 10.2. The van der Waals surface area contributed by atoms with Crippen LogP contribution in [0.2, 0.25) is 5.02 Å². The van der Waals surface area contributed by atoms with Crippen molar-refractivity contribution in [2.45, 2.75) is 51.2 Å². The molecule has 0 saturated carbocycles. The molecule has 1 atom stereocenters. The van der Waals surface area contributed by atoms with E-state index in [9.17, 15) is 31.1 Å². The van der Waals surface area contributed by atoms with Gasteiger partial charge in [-0.25, -0.2) is 4.79 Å². The van der Waals surface area contributed by atoms with Crippen molar-refractivity contribution in [2.24, 2.45) is 0 Å². The third-order valence-corrected chi connectivity index (χ3v) is 4.93. The molecule has 0 fully saturated rings. The molecule has 3 rings (SSSR count). The molecule has 1 amide bonds. The Bertz CT molecular complexity index is 1030. The summed E-state index contributed by atoms with van der Waals surface area (Å²) in [4.78, 5) is 11.8. The number of ether oxygens (including phenoxy) is 2. The van der Waals surface area contributed by atoms with E-state index in [-0.39, 0.29) is 40.9 Å². The van der Waals surface area contributed by atoms with Crippen molar-refractivity contribution in [3.8, 4) is 16.9 Å². The summed E-state index contributed by atoms with van der Waals surface area (Å²) in [7, 11) is 0. The monoisotopic (exact) mass is 495 g/mol. The zero-order valence-corrected chi connectivity index (χ0v) is 18.5. The molecular weight excluding hydrogens is 476 g/mol. The van der Waals surface area contributed by atoms with Crippen molar-refractivity contribution in [3.05, 3.63) is 52.0 Å². The summed E-state index contributed by atoms with van der Waals surface area (Å²) in [5, 5.41) is 2.59. The Morgan fingerprint density at radius 1 is 1.00 bits per heavy atom. The summed E-state index contributed by atoms with van der Waals surface area (Å²) in [6.45, 7) is 5.17. The van der Waals surface area contributed by atoms with Crippen molar-refractivity contribution in [3.63, 3.8) is 0 Å². The van der Waals surface area contributed by atoms with Crippen LogP contribution in [0.15, 0.2) is 30.3 Å². The maximum Gasteiger partial charge on any atom is 0.416 e. The van der Waals surface area contributed by atoms with Crippen molar-refractivity contribution in [1.29, 1.82) is 0 Å². The van der Waals surface area contributed by atoms with Gasteiger partial charge in [-0.15, -0.1) is 0 Å². The number of nitrogens with one attached hydrogen (secondary N) is 1. The van der Waals surface area contributed by atoms with Crippen molar-refractivity contribution in [1.82, 2.24) is 5.32 Å². The number of fused-ring (bicyclic) bond motifs is 1. The van der Waals surface area contributed by atoms with Gasteiger partial charge in [0.2, 0.25) is 0 Å². The van der Waals surface area contributed by atoms with Gasteiger partial charge in [0.05, 0.1) is 22.7 Å². The average molecular weight is 496 g/mol. The van der Waals surface area contributed by atoms with E-state index in [4.69, 9.17) is 21.1 Å². The van der Waals surface area contributed by atoms with Crippen LogP contribution in [-0.2, 0) is 23.5 Å². The number of alkyl carbamates (subject to hydrolysis) is 1. The Morgan fingerprint density at radius 2 is 1.55 bits per heavy atom. The average Bonchev–Trinajstić information content (AvgIpc) is 3.07. The van der Waals surface area contributed by atoms with Gasteiger partial charge in [0.1, 0.15) is 17.5 Å². The van der Waals surface area contributed by atoms with Crippen LogP contribution in [0.5, 0.6) is 5.75 Å². The van der Waals surface area contributed by atoms with E-state index in [0.717, 1.165) is 0 Å². The summed E-state index contributed by atoms with van der Waals surface area (Å²) in [6, 6.07) is 4.04. The Morgan fingerprint density at radius 3 is 2.06 bits per heavy atom. The summed E-state index contributed by atoms with van der Waals surface area (Å²) in [5.74, 6) is 0.263. The first kappa shape index (κ1) is 25.0. The molecule has 1 N–H and O–H groups in total. The number of amides is 1. The highest BCUT2D eigenvalue weighted by Crippen LogP contribution is 2.42. The van der Waals surface area contributed by atoms with Gasteiger partial charge in [-0.05, 0) is 62.2 Å². The fraction of sp³-hybridized carbons (Fsp3) is 0.409. The maximum atomic E-state index is 13.2. The van der Waals surface area contributed by atoms with Crippen molar-refractivity contribution in [2.75, 3.05) is 6.54 Å². The molecule has 2 aromatic rings. The second kappa shape index (κ2) is 8.62. The molecule has 0 aromatic heterocycles. The molecule has 2 aromatic carbocycles.